The van der Waals surface area contributed by atoms with Crippen molar-refractivity contribution in [2.45, 2.75) is 44.1 Å². The molecule has 0 aliphatic heterocycles. The first-order valence-corrected chi connectivity index (χ1v) is 12.1. The van der Waals surface area contributed by atoms with Gasteiger partial charge in [0.25, 0.3) is 0 Å². The average molecular weight is 476 g/mol. The molecule has 0 spiro atoms. The summed E-state index contributed by atoms with van der Waals surface area (Å²) in [6.45, 7) is 0. The minimum Gasteiger partial charge on any atom is -0.507 e. The smallest absolute Gasteiger partial charge is 0.153 e. The van der Waals surface area contributed by atoms with E-state index in [2.05, 4.69) is 21.2 Å². The summed E-state index contributed by atoms with van der Waals surface area (Å²) in [5, 5.41) is 14.7. The molecule has 158 valence electrons. The molecule has 1 heterocycles. The first-order chi connectivity index (χ1) is 15.1. The zero-order valence-corrected chi connectivity index (χ0v) is 19.0. The maximum atomic E-state index is 10.8. The highest BCUT2D eigenvalue weighted by Gasteiger charge is 2.51. The topological polar surface area (TPSA) is 58.0 Å². The molecule has 2 N–H and O–H groups in total. The number of hydrogen-bond acceptors (Lipinski definition) is 4. The number of aliphatic hydroxyl groups excluding tert-OH is 1. The minimum absolute atomic E-state index is 0.127. The molecule has 1 aromatic heterocycles. The second kappa shape index (κ2) is 7.33. The van der Waals surface area contributed by atoms with Crippen molar-refractivity contribution in [1.82, 2.24) is 9.97 Å². The number of aromatic nitrogens is 2. The van der Waals surface area contributed by atoms with Gasteiger partial charge in [0.05, 0.1) is 11.0 Å². The van der Waals surface area contributed by atoms with Crippen molar-refractivity contribution in [3.05, 3.63) is 64.3 Å². The van der Waals surface area contributed by atoms with Gasteiger partial charge in [-0.25, -0.2) is 9.97 Å². The summed E-state index contributed by atoms with van der Waals surface area (Å²) in [4.78, 5) is 9.86. The summed E-state index contributed by atoms with van der Waals surface area (Å²) in [5.74, 6) is 3.54. The molecule has 7 rings (SSSR count). The Morgan fingerprint density at radius 1 is 0.903 bits per heavy atom. The summed E-state index contributed by atoms with van der Waals surface area (Å²) in [7, 11) is 0. The number of nitrogens with zero attached hydrogens (tertiary/aromatic N) is 2. The summed E-state index contributed by atoms with van der Waals surface area (Å²) in [5.41, 5.74) is 3.32. The van der Waals surface area contributed by atoms with Gasteiger partial charge in [-0.1, -0.05) is 40.2 Å². The summed E-state index contributed by atoms with van der Waals surface area (Å²) in [6, 6.07) is 15.6. The third-order valence-corrected chi connectivity index (χ3v) is 7.96. The molecule has 31 heavy (non-hydrogen) atoms. The lowest BCUT2D eigenvalue weighted by Gasteiger charge is -2.57. The van der Waals surface area contributed by atoms with Crippen LogP contribution in [-0.2, 0) is 0 Å². The predicted octanol–water partition coefficient (Wildman–Crippen LogP) is 6.83. The monoisotopic (exact) mass is 475 g/mol. The standard InChI is InChI=1S/C26H26BrN3O/c27-20-7-5-19(6-8-20)24(31)12-23-25(29-22-4-2-1-3-21(22)28-23)30-26-13-16-9-17(14-26)11-18(10-16)15-26/h1-8,12,16-18,31H,9-11,13-15H2,(H,29,30)/b24-12+. The number of rotatable bonds is 4. The first-order valence-electron chi connectivity index (χ1n) is 11.3. The highest BCUT2D eigenvalue weighted by molar-refractivity contribution is 9.10. The van der Waals surface area contributed by atoms with Crippen LogP contribution >= 0.6 is 15.9 Å². The minimum atomic E-state index is 0.127. The lowest BCUT2D eigenvalue weighted by atomic mass is 9.53. The van der Waals surface area contributed by atoms with E-state index in [4.69, 9.17) is 9.97 Å². The second-order valence-electron chi connectivity index (χ2n) is 9.81. The van der Waals surface area contributed by atoms with Crippen LogP contribution in [0.5, 0.6) is 0 Å². The van der Waals surface area contributed by atoms with E-state index in [9.17, 15) is 5.11 Å². The molecule has 0 radical (unpaired) electrons. The van der Waals surface area contributed by atoms with E-state index < -0.39 is 0 Å². The molecule has 5 heteroatoms. The number of halogens is 1. The zero-order valence-electron chi connectivity index (χ0n) is 17.4. The van der Waals surface area contributed by atoms with Gasteiger partial charge in [-0.2, -0.15) is 0 Å². The Kier molecular flexibility index (Phi) is 4.57. The number of aliphatic hydroxyl groups is 1. The molecule has 0 atom stereocenters. The molecule has 4 aliphatic rings. The maximum Gasteiger partial charge on any atom is 0.153 e. The van der Waals surface area contributed by atoms with Crippen molar-refractivity contribution in [3.63, 3.8) is 0 Å². The van der Waals surface area contributed by atoms with Crippen LogP contribution in [0.3, 0.4) is 0 Å². The van der Waals surface area contributed by atoms with Crippen LogP contribution in [0.4, 0.5) is 5.82 Å². The summed E-state index contributed by atoms with van der Waals surface area (Å²) in [6.07, 6.45) is 9.66. The molecule has 2 aromatic carbocycles. The van der Waals surface area contributed by atoms with Gasteiger partial charge in [-0.15, -0.1) is 0 Å². The second-order valence-corrected chi connectivity index (χ2v) is 10.7. The summed E-state index contributed by atoms with van der Waals surface area (Å²) >= 11 is 3.45. The van der Waals surface area contributed by atoms with Gasteiger partial charge in [-0.3, -0.25) is 0 Å². The van der Waals surface area contributed by atoms with E-state index in [1.54, 1.807) is 6.08 Å². The lowest BCUT2D eigenvalue weighted by molar-refractivity contribution is 0.0105. The molecule has 4 bridgehead atoms. The van der Waals surface area contributed by atoms with Gasteiger partial charge in [0, 0.05) is 21.7 Å². The molecule has 4 nitrogen and oxygen atoms in total. The van der Waals surface area contributed by atoms with Gasteiger partial charge in [0.1, 0.15) is 11.5 Å². The SMILES string of the molecule is O/C(=C/c1nc2ccccc2nc1NC12CC3CC(CC(C3)C1)C2)c1ccc(Br)cc1. The zero-order chi connectivity index (χ0) is 21.0. The highest BCUT2D eigenvalue weighted by atomic mass is 79.9. The number of anilines is 1. The Morgan fingerprint density at radius 3 is 2.10 bits per heavy atom. The third kappa shape index (κ3) is 3.63. The average Bonchev–Trinajstić information content (AvgIpc) is 2.73. The third-order valence-electron chi connectivity index (χ3n) is 7.43. The maximum absolute atomic E-state index is 10.8. The Hall–Kier alpha value is -2.40. The summed E-state index contributed by atoms with van der Waals surface area (Å²) < 4.78 is 0.985. The number of nitrogens with one attached hydrogen (secondary N) is 1. The van der Waals surface area contributed by atoms with Crippen molar-refractivity contribution in [2.75, 3.05) is 5.32 Å². The molecular weight excluding hydrogens is 450 g/mol. The van der Waals surface area contributed by atoms with E-state index in [0.717, 1.165) is 44.6 Å². The Bertz CT molecular complexity index is 1140. The van der Waals surface area contributed by atoms with Gasteiger partial charge in [0.15, 0.2) is 5.82 Å². The Morgan fingerprint density at radius 2 is 1.48 bits per heavy atom. The van der Waals surface area contributed by atoms with Gasteiger partial charge < -0.3 is 10.4 Å². The fourth-order valence-electron chi connectivity index (χ4n) is 6.55. The molecular formula is C26H26BrN3O. The first kappa shape index (κ1) is 19.3. The van der Waals surface area contributed by atoms with Crippen molar-refractivity contribution in [2.24, 2.45) is 17.8 Å². The molecule has 0 unspecified atom stereocenters. The fourth-order valence-corrected chi connectivity index (χ4v) is 6.82. The Labute approximate surface area is 190 Å². The van der Waals surface area contributed by atoms with E-state index in [0.29, 0.717) is 5.69 Å². The van der Waals surface area contributed by atoms with Crippen LogP contribution < -0.4 is 5.32 Å². The van der Waals surface area contributed by atoms with Crippen LogP contribution in [0.1, 0.15) is 49.8 Å². The normalized spacial score (nSPS) is 29.5. The quantitative estimate of drug-likeness (QED) is 0.406. The molecule has 3 aromatic rings. The van der Waals surface area contributed by atoms with Crippen LogP contribution in [0, 0.1) is 17.8 Å². The van der Waals surface area contributed by atoms with Crippen molar-refractivity contribution in [1.29, 1.82) is 0 Å². The number of benzene rings is 2. The predicted molar refractivity (Wildman–Crippen MR) is 129 cm³/mol. The van der Waals surface area contributed by atoms with E-state index in [1.165, 1.54) is 38.5 Å². The Balaban J connectivity index is 1.41. The molecule has 4 saturated carbocycles. The van der Waals surface area contributed by atoms with Crippen molar-refractivity contribution < 1.29 is 5.11 Å². The van der Waals surface area contributed by atoms with Crippen molar-refractivity contribution >= 4 is 44.6 Å². The lowest BCUT2D eigenvalue weighted by Crippen LogP contribution is -2.55. The van der Waals surface area contributed by atoms with Crippen LogP contribution in [0.25, 0.3) is 22.9 Å². The van der Waals surface area contributed by atoms with E-state index >= 15 is 0 Å². The fraction of sp³-hybridized carbons (Fsp3) is 0.385. The molecule has 0 amide bonds. The van der Waals surface area contributed by atoms with Crippen LogP contribution in [-0.4, -0.2) is 20.6 Å². The molecule has 4 fully saturated rings. The van der Waals surface area contributed by atoms with E-state index in [-0.39, 0.29) is 11.3 Å². The van der Waals surface area contributed by atoms with Crippen LogP contribution in [0.2, 0.25) is 0 Å². The van der Waals surface area contributed by atoms with Gasteiger partial charge in [0.2, 0.25) is 0 Å². The largest absolute Gasteiger partial charge is 0.507 e. The molecule has 0 saturated heterocycles. The van der Waals surface area contributed by atoms with Crippen LogP contribution in [0.15, 0.2) is 53.0 Å². The van der Waals surface area contributed by atoms with Crippen molar-refractivity contribution in [3.8, 4) is 0 Å². The number of para-hydroxylation sites is 2. The van der Waals surface area contributed by atoms with Gasteiger partial charge in [-0.05, 0) is 80.5 Å². The number of fused-ring (bicyclic) bond motifs is 1. The highest BCUT2D eigenvalue weighted by Crippen LogP contribution is 2.56. The van der Waals surface area contributed by atoms with E-state index in [1.807, 2.05) is 48.5 Å². The molecule has 4 aliphatic carbocycles. The number of hydrogen-bond donors (Lipinski definition) is 2. The van der Waals surface area contributed by atoms with Gasteiger partial charge >= 0.3 is 0 Å².